The second kappa shape index (κ2) is 6.83. The van der Waals surface area contributed by atoms with Crippen LogP contribution in [0.1, 0.15) is 24.2 Å². The molecular formula is C17H16N4O2. The number of para-hydroxylation sites is 1. The van der Waals surface area contributed by atoms with Crippen molar-refractivity contribution in [2.75, 3.05) is 0 Å². The lowest BCUT2D eigenvalue weighted by molar-refractivity contribution is -0.146. The molecule has 0 spiro atoms. The Kier molecular flexibility index (Phi) is 4.42. The third-order valence-corrected chi connectivity index (χ3v) is 3.53. The highest BCUT2D eigenvalue weighted by Crippen LogP contribution is 2.17. The molecule has 0 saturated carbocycles. The Bertz CT molecular complexity index is 772. The number of carbonyl (C=O) groups is 1. The van der Waals surface area contributed by atoms with Crippen LogP contribution in [0.3, 0.4) is 0 Å². The second-order valence-electron chi connectivity index (χ2n) is 5.08. The zero-order valence-corrected chi connectivity index (χ0v) is 12.7. The lowest BCUT2D eigenvalue weighted by Gasteiger charge is -2.11. The first-order valence-electron chi connectivity index (χ1n) is 7.30. The number of benzene rings is 2. The van der Waals surface area contributed by atoms with Crippen molar-refractivity contribution in [3.63, 3.8) is 0 Å². The van der Waals surface area contributed by atoms with Crippen LogP contribution >= 0.6 is 0 Å². The molecule has 0 saturated heterocycles. The highest BCUT2D eigenvalue weighted by molar-refractivity contribution is 5.77. The molecule has 0 fully saturated rings. The van der Waals surface area contributed by atoms with Gasteiger partial charge < -0.3 is 4.74 Å². The van der Waals surface area contributed by atoms with Crippen LogP contribution in [0.4, 0.5) is 0 Å². The van der Waals surface area contributed by atoms with Gasteiger partial charge in [0.15, 0.2) is 12.4 Å². The Labute approximate surface area is 133 Å². The minimum absolute atomic E-state index is 0.0257. The first kappa shape index (κ1) is 14.9. The summed E-state index contributed by atoms with van der Waals surface area (Å²) in [6.07, 6.45) is 0. The Morgan fingerprint density at radius 1 is 1.09 bits per heavy atom. The Morgan fingerprint density at radius 3 is 2.43 bits per heavy atom. The molecule has 1 aromatic heterocycles. The van der Waals surface area contributed by atoms with Gasteiger partial charge in [-0.25, -0.2) is 0 Å². The summed E-state index contributed by atoms with van der Waals surface area (Å²) in [7, 11) is 0. The molecule has 3 aromatic rings. The van der Waals surface area contributed by atoms with Gasteiger partial charge in [0.05, 0.1) is 11.6 Å². The lowest BCUT2D eigenvalue weighted by atomic mass is 10.0. The van der Waals surface area contributed by atoms with Gasteiger partial charge in [-0.15, -0.1) is 5.10 Å². The Balaban J connectivity index is 1.68. The average molecular weight is 308 g/mol. The topological polar surface area (TPSA) is 69.9 Å². The molecule has 23 heavy (non-hydrogen) atoms. The third-order valence-electron chi connectivity index (χ3n) is 3.53. The van der Waals surface area contributed by atoms with Crippen LogP contribution < -0.4 is 0 Å². The molecule has 6 nitrogen and oxygen atoms in total. The van der Waals surface area contributed by atoms with Gasteiger partial charge in [-0.2, -0.15) is 4.68 Å². The van der Waals surface area contributed by atoms with E-state index in [1.54, 1.807) is 4.68 Å². The first-order valence-corrected chi connectivity index (χ1v) is 7.30. The molecule has 0 N–H and O–H groups in total. The van der Waals surface area contributed by atoms with Gasteiger partial charge in [-0.05, 0) is 35.0 Å². The second-order valence-corrected chi connectivity index (χ2v) is 5.08. The van der Waals surface area contributed by atoms with Gasteiger partial charge in [0.25, 0.3) is 0 Å². The van der Waals surface area contributed by atoms with Gasteiger partial charge in [0.1, 0.15) is 0 Å². The molecule has 3 rings (SSSR count). The summed E-state index contributed by atoms with van der Waals surface area (Å²) in [6.45, 7) is 1.84. The normalized spacial score (nSPS) is 11.9. The van der Waals surface area contributed by atoms with Gasteiger partial charge in [-0.3, -0.25) is 4.79 Å². The third kappa shape index (κ3) is 3.42. The standard InChI is InChI=1S/C17H16N4O2/c1-13(14-8-4-2-5-9-14)17(22)23-12-16-18-19-20-21(16)15-10-6-3-7-11-15/h2-11,13H,12H2,1H3/t13-/m0/s1. The molecule has 0 amide bonds. The average Bonchev–Trinajstić information content (AvgIpc) is 3.09. The van der Waals surface area contributed by atoms with E-state index in [-0.39, 0.29) is 18.5 Å². The van der Waals surface area contributed by atoms with Crippen molar-refractivity contribution in [1.82, 2.24) is 20.2 Å². The van der Waals surface area contributed by atoms with Crippen LogP contribution in [0.25, 0.3) is 5.69 Å². The number of hydrogen-bond donors (Lipinski definition) is 0. The number of esters is 1. The van der Waals surface area contributed by atoms with E-state index in [1.807, 2.05) is 67.6 Å². The maximum absolute atomic E-state index is 12.2. The molecular weight excluding hydrogens is 292 g/mol. The molecule has 1 heterocycles. The van der Waals surface area contributed by atoms with E-state index in [9.17, 15) is 4.79 Å². The van der Waals surface area contributed by atoms with Crippen molar-refractivity contribution in [1.29, 1.82) is 0 Å². The van der Waals surface area contributed by atoms with Gasteiger partial charge >= 0.3 is 5.97 Å². The number of tetrazole rings is 1. The predicted octanol–water partition coefficient (Wildman–Crippen LogP) is 2.51. The van der Waals surface area contributed by atoms with Crippen molar-refractivity contribution >= 4 is 5.97 Å². The molecule has 0 aliphatic heterocycles. The minimum Gasteiger partial charge on any atom is -0.457 e. The highest BCUT2D eigenvalue weighted by Gasteiger charge is 2.18. The number of hydrogen-bond acceptors (Lipinski definition) is 5. The van der Waals surface area contributed by atoms with E-state index in [2.05, 4.69) is 15.5 Å². The monoisotopic (exact) mass is 308 g/mol. The molecule has 1 atom stereocenters. The smallest absolute Gasteiger partial charge is 0.313 e. The summed E-state index contributed by atoms with van der Waals surface area (Å²) >= 11 is 0. The molecule has 2 aromatic carbocycles. The number of ether oxygens (including phenoxy) is 1. The van der Waals surface area contributed by atoms with Crippen LogP contribution in [0, 0.1) is 0 Å². The van der Waals surface area contributed by atoms with E-state index in [1.165, 1.54) is 0 Å². The first-order chi connectivity index (χ1) is 11.3. The van der Waals surface area contributed by atoms with Crippen LogP contribution in [0.2, 0.25) is 0 Å². The van der Waals surface area contributed by atoms with E-state index < -0.39 is 0 Å². The SMILES string of the molecule is C[C@H](C(=O)OCc1nnnn1-c1ccccc1)c1ccccc1. The molecule has 0 aliphatic carbocycles. The van der Waals surface area contributed by atoms with Crippen molar-refractivity contribution in [3.8, 4) is 5.69 Å². The fraction of sp³-hybridized carbons (Fsp3) is 0.176. The summed E-state index contributed by atoms with van der Waals surface area (Å²) in [5, 5.41) is 11.5. The molecule has 0 bridgehead atoms. The van der Waals surface area contributed by atoms with Gasteiger partial charge in [0, 0.05) is 0 Å². The molecule has 116 valence electrons. The Morgan fingerprint density at radius 2 is 1.74 bits per heavy atom. The molecule has 6 heteroatoms. The van der Waals surface area contributed by atoms with Crippen molar-refractivity contribution < 1.29 is 9.53 Å². The van der Waals surface area contributed by atoms with Crippen molar-refractivity contribution in [3.05, 3.63) is 72.1 Å². The van der Waals surface area contributed by atoms with Crippen LogP contribution in [-0.2, 0) is 16.1 Å². The van der Waals surface area contributed by atoms with E-state index >= 15 is 0 Å². The van der Waals surface area contributed by atoms with Crippen LogP contribution in [-0.4, -0.2) is 26.2 Å². The maximum Gasteiger partial charge on any atom is 0.313 e. The lowest BCUT2D eigenvalue weighted by Crippen LogP contribution is -2.15. The summed E-state index contributed by atoms with van der Waals surface area (Å²) < 4.78 is 6.92. The fourth-order valence-corrected chi connectivity index (χ4v) is 2.20. The number of aromatic nitrogens is 4. The van der Waals surface area contributed by atoms with E-state index in [0.29, 0.717) is 5.82 Å². The van der Waals surface area contributed by atoms with Crippen LogP contribution in [0.5, 0.6) is 0 Å². The van der Waals surface area contributed by atoms with E-state index in [0.717, 1.165) is 11.3 Å². The van der Waals surface area contributed by atoms with Gasteiger partial charge in [-0.1, -0.05) is 48.5 Å². The summed E-state index contributed by atoms with van der Waals surface area (Å²) in [4.78, 5) is 12.2. The zero-order valence-electron chi connectivity index (χ0n) is 12.7. The highest BCUT2D eigenvalue weighted by atomic mass is 16.5. The molecule has 0 aliphatic rings. The van der Waals surface area contributed by atoms with Gasteiger partial charge in [0.2, 0.25) is 0 Å². The number of carbonyl (C=O) groups excluding carboxylic acids is 1. The minimum atomic E-state index is -0.336. The fourth-order valence-electron chi connectivity index (χ4n) is 2.20. The number of rotatable bonds is 5. The summed E-state index contributed by atoms with van der Waals surface area (Å²) in [5.74, 6) is -0.166. The zero-order chi connectivity index (χ0) is 16.1. The largest absolute Gasteiger partial charge is 0.457 e. The molecule has 0 radical (unpaired) electrons. The predicted molar refractivity (Wildman–Crippen MR) is 83.8 cm³/mol. The Hall–Kier alpha value is -3.02. The molecule has 0 unspecified atom stereocenters. The van der Waals surface area contributed by atoms with E-state index in [4.69, 9.17) is 4.74 Å². The number of nitrogens with zero attached hydrogens (tertiary/aromatic N) is 4. The van der Waals surface area contributed by atoms with Crippen LogP contribution in [0.15, 0.2) is 60.7 Å². The van der Waals surface area contributed by atoms with Crippen molar-refractivity contribution in [2.45, 2.75) is 19.4 Å². The summed E-state index contributed by atoms with van der Waals surface area (Å²) in [5.41, 5.74) is 1.74. The van der Waals surface area contributed by atoms with Crippen molar-refractivity contribution in [2.24, 2.45) is 0 Å². The summed E-state index contributed by atoms with van der Waals surface area (Å²) in [6, 6.07) is 19.0. The maximum atomic E-state index is 12.2. The quantitative estimate of drug-likeness (QED) is 0.677.